The number of hydrogen-bond donors (Lipinski definition) is 0. The average Bonchev–Trinajstić information content (AvgIpc) is 4.29. The van der Waals surface area contributed by atoms with Gasteiger partial charge in [-0.05, 0) is 123 Å². The van der Waals surface area contributed by atoms with Crippen LogP contribution in [-0.2, 0) is 5.41 Å². The number of fused-ring (bicyclic) bond motifs is 13. The van der Waals surface area contributed by atoms with Gasteiger partial charge in [-0.25, -0.2) is 4.98 Å². The van der Waals surface area contributed by atoms with Crippen LogP contribution in [0.3, 0.4) is 0 Å². The van der Waals surface area contributed by atoms with Crippen LogP contribution in [0.1, 0.15) is 22.3 Å². The number of furan rings is 2. The number of para-hydroxylation sites is 1. The maximum Gasteiger partial charge on any atom is 0.238 e. The maximum absolute atomic E-state index is 6.37. The Kier molecular flexibility index (Phi) is 9.24. The van der Waals surface area contributed by atoms with E-state index in [1.165, 1.54) is 20.2 Å². The Bertz CT molecular complexity index is 3970. The number of nitrogens with zero attached hydrogens (tertiary/aromatic N) is 4. The molecule has 0 N–H and O–H groups in total. The van der Waals surface area contributed by atoms with Crippen LogP contribution in [-0.4, -0.2) is 15.0 Å². The zero-order valence-corrected chi connectivity index (χ0v) is 39.9. The molecule has 0 fully saturated rings. The number of anilines is 3. The molecule has 0 bridgehead atoms. The first-order valence-corrected chi connectivity index (χ1v) is 25.3. The second kappa shape index (κ2) is 16.3. The van der Waals surface area contributed by atoms with Crippen molar-refractivity contribution in [2.24, 2.45) is 0 Å². The van der Waals surface area contributed by atoms with Crippen LogP contribution in [0.15, 0.2) is 252 Å². The minimum Gasteiger partial charge on any atom is -0.461 e. The Morgan fingerprint density at radius 2 is 0.808 bits per heavy atom. The minimum atomic E-state index is -0.793. The molecular formula is C66H40N4O2S. The van der Waals surface area contributed by atoms with Gasteiger partial charge in [0.25, 0.3) is 0 Å². The van der Waals surface area contributed by atoms with Gasteiger partial charge in [0.05, 0.1) is 29.3 Å². The number of rotatable bonds is 7. The number of aromatic nitrogens is 3. The molecule has 7 heteroatoms. The predicted molar refractivity (Wildman–Crippen MR) is 295 cm³/mol. The van der Waals surface area contributed by atoms with Gasteiger partial charge < -0.3 is 8.83 Å². The molecule has 342 valence electrons. The molecule has 73 heavy (non-hydrogen) atoms. The molecule has 2 aliphatic rings. The quantitative estimate of drug-likeness (QED) is 0.159. The van der Waals surface area contributed by atoms with Crippen molar-refractivity contribution >= 4 is 48.8 Å². The summed E-state index contributed by atoms with van der Waals surface area (Å²) < 4.78 is 15.1. The van der Waals surface area contributed by atoms with Crippen molar-refractivity contribution < 1.29 is 8.83 Å². The third kappa shape index (κ3) is 6.39. The first-order valence-electron chi connectivity index (χ1n) is 24.5. The van der Waals surface area contributed by atoms with Crippen LogP contribution < -0.4 is 4.90 Å². The molecule has 0 radical (unpaired) electrons. The third-order valence-corrected chi connectivity index (χ3v) is 15.8. The standard InChI is InChI=1S/C66H40N4O2S/c1-5-17-41(18-6-1)45-35-46(42-19-7-2-8-20-42)38-49(37-45)63-67-64(50-39-47(43-21-9-3-10-22-43)36-48(40-50)44-23-11-4-12-24-44)69-65(68-63)70-55-27-15-14-26-52(55)66(53-31-33-71-61(53)62-54(66)32-34-72-62)60-56(70)29-30-58-59(60)51-25-13-16-28-57(51)73-58/h1-40H. The summed E-state index contributed by atoms with van der Waals surface area (Å²) in [6.07, 6.45) is 3.59. The monoisotopic (exact) mass is 952 g/mol. The molecule has 15 rings (SSSR count). The van der Waals surface area contributed by atoms with Gasteiger partial charge in [-0.3, -0.25) is 4.90 Å². The highest BCUT2D eigenvalue weighted by atomic mass is 32.1. The molecular weight excluding hydrogens is 913 g/mol. The Balaban J connectivity index is 1.05. The first kappa shape index (κ1) is 41.4. The maximum atomic E-state index is 6.37. The van der Waals surface area contributed by atoms with Crippen LogP contribution in [0.25, 0.3) is 99.0 Å². The molecule has 0 saturated carbocycles. The zero-order chi connectivity index (χ0) is 48.0. The molecule has 5 heterocycles. The molecule has 1 spiro atoms. The summed E-state index contributed by atoms with van der Waals surface area (Å²) in [6, 6.07) is 81.8. The average molecular weight is 953 g/mol. The molecule has 0 amide bonds. The van der Waals surface area contributed by atoms with Crippen molar-refractivity contribution in [3.63, 3.8) is 0 Å². The lowest BCUT2D eigenvalue weighted by atomic mass is 9.64. The summed E-state index contributed by atoms with van der Waals surface area (Å²) in [5.74, 6) is 3.10. The van der Waals surface area contributed by atoms with Crippen molar-refractivity contribution in [1.29, 1.82) is 0 Å². The van der Waals surface area contributed by atoms with E-state index in [2.05, 4.69) is 235 Å². The van der Waals surface area contributed by atoms with Crippen LogP contribution in [0.5, 0.6) is 0 Å². The van der Waals surface area contributed by atoms with Crippen LogP contribution in [0.2, 0.25) is 0 Å². The highest BCUT2D eigenvalue weighted by Crippen LogP contribution is 2.66. The van der Waals surface area contributed by atoms with Gasteiger partial charge in [0.15, 0.2) is 23.2 Å². The van der Waals surface area contributed by atoms with Crippen LogP contribution in [0, 0.1) is 0 Å². The van der Waals surface area contributed by atoms with Gasteiger partial charge in [0.2, 0.25) is 5.95 Å². The third-order valence-electron chi connectivity index (χ3n) is 14.7. The summed E-state index contributed by atoms with van der Waals surface area (Å²) in [5, 5.41) is 2.37. The number of benzene rings is 9. The van der Waals surface area contributed by atoms with E-state index in [4.69, 9.17) is 23.8 Å². The molecule has 13 aromatic rings. The Morgan fingerprint density at radius 3 is 1.33 bits per heavy atom. The number of hydrogen-bond acceptors (Lipinski definition) is 7. The first-order chi connectivity index (χ1) is 36.2. The van der Waals surface area contributed by atoms with Gasteiger partial charge >= 0.3 is 0 Å². The highest BCUT2D eigenvalue weighted by molar-refractivity contribution is 7.25. The lowest BCUT2D eigenvalue weighted by Crippen LogP contribution is -2.36. The summed E-state index contributed by atoms with van der Waals surface area (Å²) >= 11 is 1.81. The van der Waals surface area contributed by atoms with Crippen molar-refractivity contribution in [2.45, 2.75) is 5.41 Å². The summed E-state index contributed by atoms with van der Waals surface area (Å²) in [4.78, 5) is 19.1. The molecule has 4 aromatic heterocycles. The normalized spacial score (nSPS) is 13.0. The van der Waals surface area contributed by atoms with E-state index in [-0.39, 0.29) is 0 Å². The van der Waals surface area contributed by atoms with Crippen molar-refractivity contribution in [3.05, 3.63) is 265 Å². The Morgan fingerprint density at radius 1 is 0.356 bits per heavy atom. The van der Waals surface area contributed by atoms with Crippen LogP contribution >= 0.6 is 11.3 Å². The smallest absolute Gasteiger partial charge is 0.238 e. The van der Waals surface area contributed by atoms with E-state index in [1.54, 1.807) is 12.5 Å². The SMILES string of the molecule is c1ccc(-c2cc(-c3ccccc3)cc(-c3nc(-c4cc(-c5ccccc5)cc(-c5ccccc5)c4)nc(N4c5ccccc5C5(c6ccoc6-c6occc65)c5c4ccc4sc6ccccc6c54)n3)c2)cc1. The fourth-order valence-corrected chi connectivity index (χ4v) is 12.6. The van der Waals surface area contributed by atoms with Gasteiger partial charge in [-0.2, -0.15) is 9.97 Å². The fraction of sp³-hybridized carbons (Fsp3) is 0.0152. The van der Waals surface area contributed by atoms with Gasteiger partial charge in [-0.1, -0.05) is 158 Å². The van der Waals surface area contributed by atoms with E-state index >= 15 is 0 Å². The molecule has 6 nitrogen and oxygen atoms in total. The van der Waals surface area contributed by atoms with Crippen molar-refractivity contribution in [3.8, 4) is 78.8 Å². The Labute approximate surface area is 424 Å². The van der Waals surface area contributed by atoms with E-state index < -0.39 is 5.41 Å². The Hall–Kier alpha value is -9.43. The molecule has 1 aliphatic carbocycles. The second-order valence-corrected chi connectivity index (χ2v) is 19.8. The predicted octanol–water partition coefficient (Wildman–Crippen LogP) is 17.6. The largest absolute Gasteiger partial charge is 0.461 e. The van der Waals surface area contributed by atoms with Gasteiger partial charge in [0, 0.05) is 48.0 Å². The van der Waals surface area contributed by atoms with E-state index in [1.807, 2.05) is 11.3 Å². The highest BCUT2D eigenvalue weighted by Gasteiger charge is 2.56. The molecule has 0 unspecified atom stereocenters. The van der Waals surface area contributed by atoms with E-state index in [9.17, 15) is 0 Å². The van der Waals surface area contributed by atoms with E-state index in [0.29, 0.717) is 17.6 Å². The van der Waals surface area contributed by atoms with Crippen molar-refractivity contribution in [2.75, 3.05) is 4.90 Å². The van der Waals surface area contributed by atoms with Crippen LogP contribution in [0.4, 0.5) is 17.3 Å². The molecule has 0 atom stereocenters. The molecule has 0 saturated heterocycles. The fourth-order valence-electron chi connectivity index (χ4n) is 11.5. The summed E-state index contributed by atoms with van der Waals surface area (Å²) in [5.41, 5.74) is 15.8. The second-order valence-electron chi connectivity index (χ2n) is 18.7. The lowest BCUT2D eigenvalue weighted by molar-refractivity contribution is 0.525. The minimum absolute atomic E-state index is 0.498. The topological polar surface area (TPSA) is 68.2 Å². The zero-order valence-electron chi connectivity index (χ0n) is 39.1. The van der Waals surface area contributed by atoms with Gasteiger partial charge in [0.1, 0.15) is 0 Å². The summed E-state index contributed by atoms with van der Waals surface area (Å²) in [6.45, 7) is 0. The summed E-state index contributed by atoms with van der Waals surface area (Å²) in [7, 11) is 0. The van der Waals surface area contributed by atoms with E-state index in [0.717, 1.165) is 101 Å². The molecule has 9 aromatic carbocycles. The van der Waals surface area contributed by atoms with Crippen molar-refractivity contribution in [1.82, 2.24) is 15.0 Å². The number of thiophene rings is 1. The molecule has 1 aliphatic heterocycles. The van der Waals surface area contributed by atoms with Gasteiger partial charge in [-0.15, -0.1) is 11.3 Å². The lowest BCUT2D eigenvalue weighted by Gasteiger charge is -2.43.